The second-order valence-corrected chi connectivity index (χ2v) is 8.88. The van der Waals surface area contributed by atoms with Gasteiger partial charge >= 0.3 is 0 Å². The first kappa shape index (κ1) is 22.7. The maximum Gasteiger partial charge on any atom is 0.276 e. The Bertz CT molecular complexity index is 952. The van der Waals surface area contributed by atoms with Crippen LogP contribution in [0.2, 0.25) is 5.02 Å². The van der Waals surface area contributed by atoms with Crippen LogP contribution in [-0.4, -0.2) is 46.5 Å². The number of rotatable bonds is 7. The summed E-state index contributed by atoms with van der Waals surface area (Å²) in [6.45, 7) is 7.66. The number of aromatic nitrogens is 2. The fourth-order valence-corrected chi connectivity index (χ4v) is 4.78. The summed E-state index contributed by atoms with van der Waals surface area (Å²) >= 11 is 9.09. The summed E-state index contributed by atoms with van der Waals surface area (Å²) in [5.41, 5.74) is 1.56. The Kier molecular flexibility index (Phi) is 8.18. The van der Waals surface area contributed by atoms with Gasteiger partial charge < -0.3 is 28.5 Å². The standard InChI is InChI=1S/C19H23ClN3OS2.HI/c1-4-23(3,5-2)11-13-26-19-21-16-10-12-25-17(16)18(24)22(19)15-8-6-14(20)7-9-15;/h6-10,12H,4-5,11,13H2,1-3H3;1H/q+1;/p-1. The van der Waals surface area contributed by atoms with Crippen LogP contribution in [0, 0.1) is 0 Å². The summed E-state index contributed by atoms with van der Waals surface area (Å²) in [4.78, 5) is 17.8. The smallest absolute Gasteiger partial charge is 0.276 e. The Labute approximate surface area is 190 Å². The molecule has 3 aromatic rings. The zero-order valence-corrected chi connectivity index (χ0v) is 20.2. The number of thiophene rings is 1. The topological polar surface area (TPSA) is 34.9 Å². The average Bonchev–Trinajstić information content (AvgIpc) is 3.12. The largest absolute Gasteiger partial charge is 1.00 e. The van der Waals surface area contributed by atoms with Gasteiger partial charge in [0.1, 0.15) is 4.70 Å². The number of benzene rings is 1. The van der Waals surface area contributed by atoms with E-state index >= 15 is 0 Å². The fourth-order valence-electron chi connectivity index (χ4n) is 2.70. The number of fused-ring (bicyclic) bond motifs is 1. The van der Waals surface area contributed by atoms with Crippen molar-refractivity contribution >= 4 is 44.9 Å². The van der Waals surface area contributed by atoms with Crippen LogP contribution in [0.15, 0.2) is 45.7 Å². The van der Waals surface area contributed by atoms with E-state index < -0.39 is 0 Å². The van der Waals surface area contributed by atoms with E-state index in [0.29, 0.717) is 9.72 Å². The van der Waals surface area contributed by atoms with E-state index in [4.69, 9.17) is 16.6 Å². The molecule has 0 aliphatic carbocycles. The Morgan fingerprint density at radius 2 is 1.85 bits per heavy atom. The molecule has 0 saturated heterocycles. The van der Waals surface area contributed by atoms with Gasteiger partial charge in [-0.1, -0.05) is 23.4 Å². The monoisotopic (exact) mass is 535 g/mol. The van der Waals surface area contributed by atoms with E-state index in [2.05, 4.69) is 20.9 Å². The third-order valence-electron chi connectivity index (χ3n) is 4.92. The summed E-state index contributed by atoms with van der Waals surface area (Å²) in [6, 6.07) is 9.26. The molecule has 0 aliphatic rings. The van der Waals surface area contributed by atoms with Crippen molar-refractivity contribution < 1.29 is 28.5 Å². The maximum absolute atomic E-state index is 13.1. The molecular weight excluding hydrogens is 513 g/mol. The van der Waals surface area contributed by atoms with Crippen molar-refractivity contribution in [3.63, 3.8) is 0 Å². The zero-order valence-electron chi connectivity index (χ0n) is 15.6. The average molecular weight is 536 g/mol. The van der Waals surface area contributed by atoms with Crippen LogP contribution < -0.4 is 29.5 Å². The van der Waals surface area contributed by atoms with Crippen molar-refractivity contribution in [1.29, 1.82) is 0 Å². The third-order valence-corrected chi connectivity index (χ3v) is 6.99. The van der Waals surface area contributed by atoms with Crippen LogP contribution in [0.4, 0.5) is 0 Å². The molecule has 0 atom stereocenters. The molecule has 3 rings (SSSR count). The molecule has 4 nitrogen and oxygen atoms in total. The van der Waals surface area contributed by atoms with Crippen LogP contribution in [0.25, 0.3) is 15.9 Å². The van der Waals surface area contributed by atoms with Crippen LogP contribution in [0.3, 0.4) is 0 Å². The Balaban J connectivity index is 0.00000261. The molecule has 0 aliphatic heterocycles. The van der Waals surface area contributed by atoms with Gasteiger partial charge in [-0.15, -0.1) is 11.3 Å². The highest BCUT2D eigenvalue weighted by atomic mass is 127. The first-order chi connectivity index (χ1) is 12.5. The number of quaternary nitrogens is 1. The SMILES string of the molecule is CC[N+](C)(CC)CCSc1nc2ccsc2c(=O)n1-c1ccc(Cl)cc1.[I-]. The fraction of sp³-hybridized carbons (Fsp3) is 0.368. The normalized spacial score (nSPS) is 11.6. The van der Waals surface area contributed by atoms with Crippen molar-refractivity contribution in [3.05, 3.63) is 51.1 Å². The van der Waals surface area contributed by atoms with Crippen molar-refractivity contribution in [2.24, 2.45) is 0 Å². The molecule has 0 saturated carbocycles. The summed E-state index contributed by atoms with van der Waals surface area (Å²) in [5.74, 6) is 0.911. The summed E-state index contributed by atoms with van der Waals surface area (Å²) in [6.07, 6.45) is 0. The number of hydrogen-bond acceptors (Lipinski definition) is 4. The molecule has 1 aromatic carbocycles. The van der Waals surface area contributed by atoms with Crippen LogP contribution >= 0.6 is 34.7 Å². The molecule has 0 amide bonds. The Hall–Kier alpha value is -0.610. The number of halogens is 2. The highest BCUT2D eigenvalue weighted by Crippen LogP contribution is 2.24. The van der Waals surface area contributed by atoms with Crippen LogP contribution in [0.1, 0.15) is 13.8 Å². The second kappa shape index (κ2) is 9.73. The van der Waals surface area contributed by atoms with Gasteiger partial charge in [0.15, 0.2) is 5.16 Å². The van der Waals surface area contributed by atoms with E-state index in [1.165, 1.54) is 11.3 Å². The van der Waals surface area contributed by atoms with Crippen molar-refractivity contribution in [2.75, 3.05) is 32.4 Å². The maximum atomic E-state index is 13.1. The van der Waals surface area contributed by atoms with Gasteiger partial charge in [0.2, 0.25) is 0 Å². The zero-order chi connectivity index (χ0) is 18.7. The summed E-state index contributed by atoms with van der Waals surface area (Å²) < 4.78 is 3.41. The van der Waals surface area contributed by atoms with Crippen molar-refractivity contribution in [2.45, 2.75) is 19.0 Å². The van der Waals surface area contributed by atoms with Gasteiger partial charge in [-0.25, -0.2) is 4.98 Å². The van der Waals surface area contributed by atoms with Crippen LogP contribution in [0.5, 0.6) is 0 Å². The lowest BCUT2D eigenvalue weighted by atomic mass is 10.3. The Morgan fingerprint density at radius 1 is 1.19 bits per heavy atom. The van der Waals surface area contributed by atoms with Gasteiger partial charge in [-0.2, -0.15) is 0 Å². The van der Waals surface area contributed by atoms with Gasteiger partial charge in [-0.3, -0.25) is 9.36 Å². The molecule has 0 bridgehead atoms. The lowest BCUT2D eigenvalue weighted by Crippen LogP contribution is -3.00. The highest BCUT2D eigenvalue weighted by Gasteiger charge is 2.18. The van der Waals surface area contributed by atoms with Gasteiger partial charge in [0.05, 0.1) is 43.6 Å². The van der Waals surface area contributed by atoms with Gasteiger partial charge in [0.25, 0.3) is 5.56 Å². The lowest BCUT2D eigenvalue weighted by Gasteiger charge is -2.31. The van der Waals surface area contributed by atoms with E-state index in [9.17, 15) is 4.79 Å². The second-order valence-electron chi connectivity index (χ2n) is 6.47. The molecule has 0 N–H and O–H groups in total. The number of thioether (sulfide) groups is 1. The third kappa shape index (κ3) is 5.06. The minimum Gasteiger partial charge on any atom is -1.00 e. The van der Waals surface area contributed by atoms with Crippen molar-refractivity contribution in [3.8, 4) is 5.69 Å². The van der Waals surface area contributed by atoms with Crippen LogP contribution in [-0.2, 0) is 0 Å². The number of nitrogens with zero attached hydrogens (tertiary/aromatic N) is 3. The van der Waals surface area contributed by atoms with E-state index in [0.717, 1.165) is 46.2 Å². The predicted octanol–water partition coefficient (Wildman–Crippen LogP) is 1.68. The number of hydrogen-bond donors (Lipinski definition) is 0. The van der Waals surface area contributed by atoms with Crippen molar-refractivity contribution in [1.82, 2.24) is 9.55 Å². The minimum atomic E-state index is -0.0157. The lowest BCUT2D eigenvalue weighted by molar-refractivity contribution is -0.903. The molecule has 0 fully saturated rings. The summed E-state index contributed by atoms with van der Waals surface area (Å²) in [7, 11) is 2.27. The first-order valence-electron chi connectivity index (χ1n) is 8.70. The molecule has 0 radical (unpaired) electrons. The van der Waals surface area contributed by atoms with E-state index in [1.807, 2.05) is 23.6 Å². The van der Waals surface area contributed by atoms with E-state index in [1.54, 1.807) is 28.5 Å². The highest BCUT2D eigenvalue weighted by molar-refractivity contribution is 7.99. The molecule has 2 aromatic heterocycles. The molecule has 146 valence electrons. The van der Waals surface area contributed by atoms with Gasteiger partial charge in [-0.05, 0) is 49.6 Å². The van der Waals surface area contributed by atoms with E-state index in [-0.39, 0.29) is 29.5 Å². The Morgan fingerprint density at radius 3 is 2.48 bits per heavy atom. The molecule has 27 heavy (non-hydrogen) atoms. The van der Waals surface area contributed by atoms with Gasteiger partial charge in [0, 0.05) is 5.02 Å². The summed E-state index contributed by atoms with van der Waals surface area (Å²) in [5, 5.41) is 3.31. The molecule has 0 unspecified atom stereocenters. The molecule has 2 heterocycles. The molecule has 8 heteroatoms. The molecular formula is C19H23ClIN3OS2. The first-order valence-corrected chi connectivity index (χ1v) is 10.9. The predicted molar refractivity (Wildman–Crippen MR) is 113 cm³/mol. The molecule has 0 spiro atoms. The quantitative estimate of drug-likeness (QED) is 0.200. The minimum absolute atomic E-state index is 0.